The van der Waals surface area contributed by atoms with E-state index in [0.717, 1.165) is 19.5 Å². The van der Waals surface area contributed by atoms with Gasteiger partial charge in [-0.3, -0.25) is 4.90 Å². The van der Waals surface area contributed by atoms with E-state index in [1.165, 1.54) is 24.1 Å². The van der Waals surface area contributed by atoms with Gasteiger partial charge in [-0.15, -0.1) is 11.3 Å². The first-order valence-electron chi connectivity index (χ1n) is 6.95. The predicted molar refractivity (Wildman–Crippen MR) is 80.1 cm³/mol. The van der Waals surface area contributed by atoms with Crippen molar-refractivity contribution in [1.29, 1.82) is 0 Å². The van der Waals surface area contributed by atoms with E-state index >= 15 is 0 Å². The molecule has 1 aromatic heterocycles. The van der Waals surface area contributed by atoms with E-state index in [1.54, 1.807) is 0 Å². The summed E-state index contributed by atoms with van der Waals surface area (Å²) in [6.07, 6.45) is 5.00. The highest BCUT2D eigenvalue weighted by Gasteiger charge is 2.50. The quantitative estimate of drug-likeness (QED) is 0.887. The summed E-state index contributed by atoms with van der Waals surface area (Å²) in [4.78, 5) is 4.00. The summed E-state index contributed by atoms with van der Waals surface area (Å²) in [5.74, 6) is 0. The average molecular weight is 266 g/mol. The molecule has 18 heavy (non-hydrogen) atoms. The normalized spacial score (nSPS) is 26.9. The third-order valence-electron chi connectivity index (χ3n) is 4.99. The van der Waals surface area contributed by atoms with Gasteiger partial charge in [0.2, 0.25) is 0 Å². The summed E-state index contributed by atoms with van der Waals surface area (Å²) in [6.45, 7) is 6.66. The molecule has 0 aliphatic heterocycles. The van der Waals surface area contributed by atoms with Gasteiger partial charge in [-0.2, -0.15) is 0 Å². The fourth-order valence-electron chi connectivity index (χ4n) is 3.58. The van der Waals surface area contributed by atoms with Crippen LogP contribution in [0.3, 0.4) is 0 Å². The smallest absolute Gasteiger partial charge is 0.0379 e. The van der Waals surface area contributed by atoms with Gasteiger partial charge in [-0.25, -0.2) is 0 Å². The number of nitrogens with zero attached hydrogens (tertiary/aromatic N) is 1. The summed E-state index contributed by atoms with van der Waals surface area (Å²) < 4.78 is 0. The van der Waals surface area contributed by atoms with Gasteiger partial charge in [0, 0.05) is 23.5 Å². The van der Waals surface area contributed by atoms with E-state index in [2.05, 4.69) is 43.3 Å². The van der Waals surface area contributed by atoms with Gasteiger partial charge < -0.3 is 5.73 Å². The van der Waals surface area contributed by atoms with Crippen LogP contribution in [0.4, 0.5) is 0 Å². The second-order valence-corrected chi connectivity index (χ2v) is 7.26. The molecule has 1 aliphatic rings. The lowest BCUT2D eigenvalue weighted by Gasteiger charge is -2.48. The lowest BCUT2D eigenvalue weighted by atomic mass is 9.73. The zero-order valence-electron chi connectivity index (χ0n) is 11.9. The molecule has 2 rings (SSSR count). The standard InChI is InChI=1S/C15H26N2S/c1-14(2)8-5-9-15(14,12-16)17(3)10-7-13-6-4-11-18-13/h4,6,11H,5,7-10,12,16H2,1-3H3. The highest BCUT2D eigenvalue weighted by Crippen LogP contribution is 2.48. The molecule has 0 bridgehead atoms. The van der Waals surface area contributed by atoms with Gasteiger partial charge in [0.05, 0.1) is 0 Å². The molecule has 1 aromatic rings. The van der Waals surface area contributed by atoms with Crippen molar-refractivity contribution >= 4 is 11.3 Å². The maximum atomic E-state index is 6.16. The molecule has 1 fully saturated rings. The van der Waals surface area contributed by atoms with Crippen LogP contribution in [0.2, 0.25) is 0 Å². The zero-order valence-corrected chi connectivity index (χ0v) is 12.7. The monoisotopic (exact) mass is 266 g/mol. The second-order valence-electron chi connectivity index (χ2n) is 6.22. The molecule has 1 atom stereocenters. The van der Waals surface area contributed by atoms with Crippen LogP contribution in [-0.4, -0.2) is 30.6 Å². The van der Waals surface area contributed by atoms with Crippen molar-refractivity contribution in [3.05, 3.63) is 22.4 Å². The Morgan fingerprint density at radius 1 is 1.39 bits per heavy atom. The van der Waals surface area contributed by atoms with Gasteiger partial charge in [0.1, 0.15) is 0 Å². The van der Waals surface area contributed by atoms with E-state index in [0.29, 0.717) is 5.41 Å². The third-order valence-corrected chi connectivity index (χ3v) is 5.93. The van der Waals surface area contributed by atoms with Crippen LogP contribution in [0.1, 0.15) is 38.0 Å². The first-order chi connectivity index (χ1) is 8.52. The maximum Gasteiger partial charge on any atom is 0.0379 e. The van der Waals surface area contributed by atoms with Crippen LogP contribution in [0, 0.1) is 5.41 Å². The number of hydrogen-bond donors (Lipinski definition) is 1. The van der Waals surface area contributed by atoms with Crippen LogP contribution in [-0.2, 0) is 6.42 Å². The van der Waals surface area contributed by atoms with Crippen molar-refractivity contribution in [3.8, 4) is 0 Å². The van der Waals surface area contributed by atoms with Crippen molar-refractivity contribution < 1.29 is 0 Å². The van der Waals surface area contributed by atoms with E-state index in [1.807, 2.05) is 11.3 Å². The number of likely N-dealkylation sites (N-methyl/N-ethyl adjacent to an activating group) is 1. The van der Waals surface area contributed by atoms with Gasteiger partial charge in [0.15, 0.2) is 0 Å². The van der Waals surface area contributed by atoms with Crippen LogP contribution in [0.15, 0.2) is 17.5 Å². The number of thiophene rings is 1. The summed E-state index contributed by atoms with van der Waals surface area (Å²) in [5, 5.41) is 2.16. The van der Waals surface area contributed by atoms with E-state index < -0.39 is 0 Å². The molecule has 1 heterocycles. The molecular formula is C15H26N2S. The number of nitrogens with two attached hydrogens (primary N) is 1. The van der Waals surface area contributed by atoms with E-state index in [-0.39, 0.29) is 5.54 Å². The molecule has 0 saturated heterocycles. The molecule has 1 saturated carbocycles. The molecule has 2 N–H and O–H groups in total. The molecular weight excluding hydrogens is 240 g/mol. The van der Waals surface area contributed by atoms with Crippen LogP contribution >= 0.6 is 11.3 Å². The van der Waals surface area contributed by atoms with Crippen molar-refractivity contribution in [2.24, 2.45) is 11.1 Å². The Kier molecular flexibility index (Phi) is 4.15. The van der Waals surface area contributed by atoms with Crippen molar-refractivity contribution in [2.45, 2.75) is 45.1 Å². The highest BCUT2D eigenvalue weighted by atomic mass is 32.1. The number of rotatable bonds is 5. The minimum atomic E-state index is 0.199. The Morgan fingerprint density at radius 3 is 2.67 bits per heavy atom. The van der Waals surface area contributed by atoms with Crippen molar-refractivity contribution in [3.63, 3.8) is 0 Å². The second kappa shape index (κ2) is 5.32. The summed E-state index contributed by atoms with van der Waals surface area (Å²) in [6, 6.07) is 4.37. The summed E-state index contributed by atoms with van der Waals surface area (Å²) >= 11 is 1.86. The van der Waals surface area contributed by atoms with E-state index in [9.17, 15) is 0 Å². The summed E-state index contributed by atoms with van der Waals surface area (Å²) in [5.41, 5.74) is 6.69. The Hall–Kier alpha value is -0.380. The topological polar surface area (TPSA) is 29.3 Å². The largest absolute Gasteiger partial charge is 0.329 e. The maximum absolute atomic E-state index is 6.16. The van der Waals surface area contributed by atoms with Crippen molar-refractivity contribution in [2.75, 3.05) is 20.1 Å². The van der Waals surface area contributed by atoms with Gasteiger partial charge >= 0.3 is 0 Å². The molecule has 1 unspecified atom stereocenters. The zero-order chi connectivity index (χ0) is 13.2. The van der Waals surface area contributed by atoms with Crippen LogP contribution in [0.25, 0.3) is 0 Å². The van der Waals surface area contributed by atoms with Crippen LogP contribution < -0.4 is 5.73 Å². The predicted octanol–water partition coefficient (Wildman–Crippen LogP) is 3.13. The van der Waals surface area contributed by atoms with Crippen LogP contribution in [0.5, 0.6) is 0 Å². The molecule has 0 aromatic carbocycles. The highest BCUT2D eigenvalue weighted by molar-refractivity contribution is 7.09. The third kappa shape index (κ3) is 2.36. The Balaban J connectivity index is 2.04. The SMILES string of the molecule is CN(CCc1cccs1)C1(CN)CCCC1(C)C. The fourth-order valence-corrected chi connectivity index (χ4v) is 4.28. The lowest BCUT2D eigenvalue weighted by molar-refractivity contribution is 0.0346. The van der Waals surface area contributed by atoms with E-state index in [4.69, 9.17) is 5.73 Å². The van der Waals surface area contributed by atoms with Gasteiger partial charge in [-0.1, -0.05) is 26.3 Å². The molecule has 102 valence electrons. The summed E-state index contributed by atoms with van der Waals surface area (Å²) in [7, 11) is 2.26. The molecule has 0 amide bonds. The minimum Gasteiger partial charge on any atom is -0.329 e. The molecule has 0 spiro atoms. The van der Waals surface area contributed by atoms with Gasteiger partial charge in [0.25, 0.3) is 0 Å². The first kappa shape index (κ1) is 14.0. The average Bonchev–Trinajstić information content (AvgIpc) is 2.93. The molecule has 1 aliphatic carbocycles. The van der Waals surface area contributed by atoms with Crippen molar-refractivity contribution in [1.82, 2.24) is 4.90 Å². The molecule has 0 radical (unpaired) electrons. The lowest BCUT2D eigenvalue weighted by Crippen LogP contribution is -2.58. The minimum absolute atomic E-state index is 0.199. The van der Waals surface area contributed by atoms with Gasteiger partial charge in [-0.05, 0) is 43.2 Å². The first-order valence-corrected chi connectivity index (χ1v) is 7.83. The molecule has 3 heteroatoms. The number of hydrogen-bond acceptors (Lipinski definition) is 3. The molecule has 2 nitrogen and oxygen atoms in total. The Morgan fingerprint density at radius 2 is 2.17 bits per heavy atom. The fraction of sp³-hybridized carbons (Fsp3) is 0.733. The Bertz CT molecular complexity index is 372. The Labute approximate surface area is 115 Å².